The van der Waals surface area contributed by atoms with E-state index < -0.39 is 5.60 Å². The van der Waals surface area contributed by atoms with Gasteiger partial charge in [0.15, 0.2) is 0 Å². The number of hydrogen-bond donors (Lipinski definition) is 0. The van der Waals surface area contributed by atoms with Crippen LogP contribution in [-0.4, -0.2) is 18.5 Å². The molecule has 1 aromatic heterocycles. The molecular weight excluding hydrogens is 208 g/mol. The Morgan fingerprint density at radius 3 is 2.62 bits per heavy atom. The van der Waals surface area contributed by atoms with Crippen molar-refractivity contribution in [3.8, 4) is 0 Å². The Morgan fingerprint density at radius 2 is 2.23 bits per heavy atom. The van der Waals surface area contributed by atoms with Crippen molar-refractivity contribution in [1.82, 2.24) is 0 Å². The summed E-state index contributed by atoms with van der Waals surface area (Å²) in [5.74, 6) is -0.0741. The lowest BCUT2D eigenvalue weighted by Crippen LogP contribution is -2.33. The number of ether oxygens (including phenoxy) is 1. The number of Topliss-reactive ketones (excluding diaryl/α,β-unsaturated/α-hetero) is 1. The number of methoxy groups -OCH3 is 1. The van der Waals surface area contributed by atoms with Crippen LogP contribution >= 0.6 is 22.9 Å². The molecule has 2 nitrogen and oxygen atoms in total. The first-order chi connectivity index (χ1) is 5.99. The first-order valence-electron chi connectivity index (χ1n) is 3.82. The van der Waals surface area contributed by atoms with Gasteiger partial charge in [-0.05, 0) is 25.3 Å². The molecule has 0 aliphatic heterocycles. The predicted octanol–water partition coefficient (Wildman–Crippen LogP) is 3.01. The first kappa shape index (κ1) is 10.7. The molecule has 0 fully saturated rings. The Labute approximate surface area is 86.5 Å². The number of ketones is 1. The van der Waals surface area contributed by atoms with E-state index in [9.17, 15) is 4.79 Å². The number of halogens is 1. The van der Waals surface area contributed by atoms with Crippen molar-refractivity contribution in [3.05, 3.63) is 21.3 Å². The molecular formula is C9H11ClO2S. The summed E-state index contributed by atoms with van der Waals surface area (Å²) in [6, 6.07) is 1.71. The van der Waals surface area contributed by atoms with Gasteiger partial charge in [-0.1, -0.05) is 11.6 Å². The molecule has 0 aliphatic rings. The van der Waals surface area contributed by atoms with Crippen LogP contribution in [0.1, 0.15) is 23.5 Å². The minimum Gasteiger partial charge on any atom is -0.371 e. The summed E-state index contributed by atoms with van der Waals surface area (Å²) < 4.78 is 5.08. The summed E-state index contributed by atoms with van der Waals surface area (Å²) in [5, 5.41) is 2.29. The van der Waals surface area contributed by atoms with Crippen molar-refractivity contribution < 1.29 is 9.53 Å². The molecule has 0 atom stereocenters. The maximum atomic E-state index is 11.8. The van der Waals surface area contributed by atoms with Gasteiger partial charge in [-0.25, -0.2) is 0 Å². The van der Waals surface area contributed by atoms with Crippen molar-refractivity contribution >= 4 is 28.7 Å². The van der Waals surface area contributed by atoms with E-state index in [2.05, 4.69) is 0 Å². The minimum absolute atomic E-state index is 0.0741. The van der Waals surface area contributed by atoms with Gasteiger partial charge in [0.1, 0.15) is 5.60 Å². The molecule has 4 heteroatoms. The Bertz CT molecular complexity index is 317. The van der Waals surface area contributed by atoms with Gasteiger partial charge in [0, 0.05) is 7.11 Å². The highest BCUT2D eigenvalue weighted by Crippen LogP contribution is 2.27. The first-order valence-corrected chi connectivity index (χ1v) is 5.07. The second kappa shape index (κ2) is 3.78. The Hall–Kier alpha value is -0.380. The number of carbonyl (C=O) groups excluding carboxylic acids is 1. The van der Waals surface area contributed by atoms with E-state index in [0.717, 1.165) is 0 Å². The smallest absolute Gasteiger partial charge is 0.205 e. The van der Waals surface area contributed by atoms with Gasteiger partial charge >= 0.3 is 0 Å². The van der Waals surface area contributed by atoms with Crippen LogP contribution in [0.2, 0.25) is 5.02 Å². The highest BCUT2D eigenvalue weighted by atomic mass is 35.5. The van der Waals surface area contributed by atoms with Gasteiger partial charge in [0.05, 0.1) is 9.90 Å². The van der Waals surface area contributed by atoms with Crippen LogP contribution in [-0.2, 0) is 4.74 Å². The van der Waals surface area contributed by atoms with E-state index in [1.165, 1.54) is 18.4 Å². The molecule has 0 spiro atoms. The van der Waals surface area contributed by atoms with E-state index in [-0.39, 0.29) is 5.78 Å². The predicted molar refractivity (Wildman–Crippen MR) is 54.7 cm³/mol. The summed E-state index contributed by atoms with van der Waals surface area (Å²) in [6.07, 6.45) is 0. The van der Waals surface area contributed by atoms with Crippen molar-refractivity contribution in [2.75, 3.05) is 7.11 Å². The molecule has 0 saturated carbocycles. The van der Waals surface area contributed by atoms with Crippen LogP contribution in [0.15, 0.2) is 11.4 Å². The fraction of sp³-hybridized carbons (Fsp3) is 0.444. The van der Waals surface area contributed by atoms with Crippen LogP contribution in [0.5, 0.6) is 0 Å². The summed E-state index contributed by atoms with van der Waals surface area (Å²) in [5.41, 5.74) is -0.797. The molecule has 1 aromatic rings. The number of hydrogen-bond acceptors (Lipinski definition) is 3. The second-order valence-electron chi connectivity index (χ2n) is 3.14. The maximum Gasteiger partial charge on any atom is 0.205 e. The van der Waals surface area contributed by atoms with E-state index in [4.69, 9.17) is 16.3 Å². The van der Waals surface area contributed by atoms with Gasteiger partial charge < -0.3 is 4.74 Å². The van der Waals surface area contributed by atoms with Crippen LogP contribution in [0.3, 0.4) is 0 Å². The van der Waals surface area contributed by atoms with E-state index in [0.29, 0.717) is 9.90 Å². The molecule has 0 aliphatic carbocycles. The van der Waals surface area contributed by atoms with Gasteiger partial charge in [0.2, 0.25) is 5.78 Å². The number of rotatable bonds is 3. The Balaban J connectivity index is 2.98. The Kier molecular flexibility index (Phi) is 3.11. The standard InChI is InChI=1S/C9H11ClO2S/c1-9(2,12-3)8(11)7-6(10)4-5-13-7/h4-5H,1-3H3. The zero-order valence-electron chi connectivity index (χ0n) is 7.76. The van der Waals surface area contributed by atoms with Gasteiger partial charge in [0.25, 0.3) is 0 Å². The molecule has 0 aromatic carbocycles. The molecule has 1 rings (SSSR count). The fourth-order valence-electron chi connectivity index (χ4n) is 0.822. The molecule has 13 heavy (non-hydrogen) atoms. The Morgan fingerprint density at radius 1 is 1.62 bits per heavy atom. The summed E-state index contributed by atoms with van der Waals surface area (Å²) in [7, 11) is 1.51. The van der Waals surface area contributed by atoms with E-state index in [1.807, 2.05) is 0 Å². The monoisotopic (exact) mass is 218 g/mol. The van der Waals surface area contributed by atoms with Crippen LogP contribution in [0.25, 0.3) is 0 Å². The molecule has 72 valence electrons. The average Bonchev–Trinajstić information content (AvgIpc) is 2.50. The maximum absolute atomic E-state index is 11.8. The van der Waals surface area contributed by atoms with Crippen LogP contribution in [0, 0.1) is 0 Å². The van der Waals surface area contributed by atoms with Gasteiger partial charge in [-0.3, -0.25) is 4.79 Å². The van der Waals surface area contributed by atoms with Crippen LogP contribution < -0.4 is 0 Å². The molecule has 0 unspecified atom stereocenters. The van der Waals surface area contributed by atoms with Crippen molar-refractivity contribution in [3.63, 3.8) is 0 Å². The third kappa shape index (κ3) is 2.10. The van der Waals surface area contributed by atoms with Crippen molar-refractivity contribution in [2.45, 2.75) is 19.4 Å². The summed E-state index contributed by atoms with van der Waals surface area (Å²) in [4.78, 5) is 12.3. The minimum atomic E-state index is -0.797. The highest BCUT2D eigenvalue weighted by molar-refractivity contribution is 7.12. The lowest BCUT2D eigenvalue weighted by Gasteiger charge is -2.20. The van der Waals surface area contributed by atoms with Gasteiger partial charge in [-0.15, -0.1) is 11.3 Å². The third-order valence-electron chi connectivity index (χ3n) is 1.88. The SMILES string of the molecule is COC(C)(C)C(=O)c1sccc1Cl. The fourth-order valence-corrected chi connectivity index (χ4v) is 2.05. The zero-order chi connectivity index (χ0) is 10.1. The quantitative estimate of drug-likeness (QED) is 0.730. The molecule has 0 N–H and O–H groups in total. The van der Waals surface area contributed by atoms with E-state index in [1.54, 1.807) is 25.3 Å². The van der Waals surface area contributed by atoms with Crippen molar-refractivity contribution in [2.24, 2.45) is 0 Å². The lowest BCUT2D eigenvalue weighted by atomic mass is 10.0. The molecule has 1 heterocycles. The molecule has 0 saturated heterocycles. The highest BCUT2D eigenvalue weighted by Gasteiger charge is 2.30. The normalized spacial score (nSPS) is 11.7. The van der Waals surface area contributed by atoms with Crippen LogP contribution in [0.4, 0.5) is 0 Å². The van der Waals surface area contributed by atoms with E-state index >= 15 is 0 Å². The summed E-state index contributed by atoms with van der Waals surface area (Å²) >= 11 is 7.17. The number of thiophene rings is 1. The molecule has 0 amide bonds. The van der Waals surface area contributed by atoms with Gasteiger partial charge in [-0.2, -0.15) is 0 Å². The topological polar surface area (TPSA) is 26.3 Å². The number of carbonyl (C=O) groups is 1. The molecule has 0 radical (unpaired) electrons. The third-order valence-corrected chi connectivity index (χ3v) is 3.22. The summed E-state index contributed by atoms with van der Waals surface area (Å²) in [6.45, 7) is 3.46. The second-order valence-corrected chi connectivity index (χ2v) is 4.46. The molecule has 0 bridgehead atoms. The largest absolute Gasteiger partial charge is 0.371 e. The van der Waals surface area contributed by atoms with Crippen molar-refractivity contribution in [1.29, 1.82) is 0 Å². The zero-order valence-corrected chi connectivity index (χ0v) is 9.33. The lowest BCUT2D eigenvalue weighted by molar-refractivity contribution is 0.0232. The average molecular weight is 219 g/mol.